The van der Waals surface area contributed by atoms with Crippen molar-refractivity contribution in [1.82, 2.24) is 10.2 Å². The van der Waals surface area contributed by atoms with Crippen LogP contribution >= 0.6 is 23.4 Å². The molecule has 0 radical (unpaired) electrons. The van der Waals surface area contributed by atoms with Crippen LogP contribution in [0.15, 0.2) is 82.8 Å². The quantitative estimate of drug-likeness (QED) is 0.424. The van der Waals surface area contributed by atoms with E-state index in [1.54, 1.807) is 12.0 Å². The number of methoxy groups -OCH3 is 1. The Morgan fingerprint density at radius 2 is 1.92 bits per heavy atom. The first-order chi connectivity index (χ1) is 18.0. The molecule has 0 saturated heterocycles. The van der Waals surface area contributed by atoms with Crippen LogP contribution in [-0.4, -0.2) is 40.9 Å². The summed E-state index contributed by atoms with van der Waals surface area (Å²) in [5.41, 5.74) is 3.51. The van der Waals surface area contributed by atoms with Crippen molar-refractivity contribution in [3.63, 3.8) is 0 Å². The predicted octanol–water partition coefficient (Wildman–Crippen LogP) is 5.34. The average Bonchev–Trinajstić information content (AvgIpc) is 3.26. The standard InChI is InChI=1S/C28H25ClN4O3S/c1-36-24-12-5-2-8-19(24)16-30-25(34)14-13-23-27(35)33-26(31-23)21-10-3-4-11-22(21)32-28(33)37-17-18-7-6-9-20(29)15-18/h2-12,15,23H,13-14,16-17H2,1H3,(H,30,34)/t23-/m1/s1. The minimum absolute atomic E-state index is 0.145. The molecule has 2 amide bonds. The number of benzene rings is 3. The third-order valence-corrected chi connectivity index (χ3v) is 7.36. The molecule has 0 fully saturated rings. The van der Waals surface area contributed by atoms with Gasteiger partial charge in [0.1, 0.15) is 17.6 Å². The van der Waals surface area contributed by atoms with Crippen LogP contribution in [-0.2, 0) is 21.9 Å². The highest BCUT2D eigenvalue weighted by atomic mass is 35.5. The Hall–Kier alpha value is -3.62. The molecule has 2 heterocycles. The Balaban J connectivity index is 1.27. The molecule has 0 unspecified atom stereocenters. The molecule has 0 aliphatic carbocycles. The van der Waals surface area contributed by atoms with E-state index in [0.29, 0.717) is 34.7 Å². The first-order valence-electron chi connectivity index (χ1n) is 11.9. The Kier molecular flexibility index (Phi) is 7.58. The number of hydrogen-bond acceptors (Lipinski definition) is 6. The number of carbonyl (C=O) groups is 2. The monoisotopic (exact) mass is 532 g/mol. The van der Waals surface area contributed by atoms with E-state index in [0.717, 1.165) is 28.1 Å². The van der Waals surface area contributed by atoms with Gasteiger partial charge in [0.25, 0.3) is 5.91 Å². The number of fused-ring (bicyclic) bond motifs is 3. The molecule has 1 N–H and O–H groups in total. The maximum Gasteiger partial charge on any atom is 0.259 e. The molecule has 7 nitrogen and oxygen atoms in total. The van der Waals surface area contributed by atoms with Crippen LogP contribution in [0.3, 0.4) is 0 Å². The number of amidine groups is 2. The van der Waals surface area contributed by atoms with Crippen molar-refractivity contribution in [2.45, 2.75) is 31.2 Å². The zero-order chi connectivity index (χ0) is 25.8. The fourth-order valence-corrected chi connectivity index (χ4v) is 5.42. The van der Waals surface area contributed by atoms with Crippen LogP contribution < -0.4 is 10.1 Å². The maximum absolute atomic E-state index is 13.4. The molecule has 2 aliphatic rings. The van der Waals surface area contributed by atoms with Crippen molar-refractivity contribution < 1.29 is 14.3 Å². The highest BCUT2D eigenvalue weighted by Crippen LogP contribution is 2.35. The third-order valence-electron chi connectivity index (χ3n) is 6.12. The van der Waals surface area contributed by atoms with Crippen molar-refractivity contribution >= 4 is 51.9 Å². The Morgan fingerprint density at radius 1 is 1.11 bits per heavy atom. The lowest BCUT2D eigenvalue weighted by molar-refractivity contribution is -0.125. The fraction of sp³-hybridized carbons (Fsp3) is 0.214. The molecule has 2 aliphatic heterocycles. The lowest BCUT2D eigenvalue weighted by atomic mass is 10.1. The van der Waals surface area contributed by atoms with Gasteiger partial charge in [0.05, 0.1) is 12.8 Å². The first kappa shape index (κ1) is 25.0. The molecule has 37 heavy (non-hydrogen) atoms. The number of halogens is 1. The molecule has 0 saturated carbocycles. The summed E-state index contributed by atoms with van der Waals surface area (Å²) in [5, 5.41) is 4.15. The topological polar surface area (TPSA) is 83.4 Å². The fourth-order valence-electron chi connectivity index (χ4n) is 4.26. The molecule has 188 valence electrons. The number of thioether (sulfide) groups is 1. The van der Waals surface area contributed by atoms with Gasteiger partial charge in [-0.2, -0.15) is 0 Å². The summed E-state index contributed by atoms with van der Waals surface area (Å²) in [6, 6.07) is 22.2. The molecule has 1 atom stereocenters. The molecule has 0 bridgehead atoms. The molecule has 0 aromatic heterocycles. The van der Waals surface area contributed by atoms with Crippen LogP contribution in [0.5, 0.6) is 5.75 Å². The van der Waals surface area contributed by atoms with Gasteiger partial charge in [-0.3, -0.25) is 14.6 Å². The SMILES string of the molecule is COc1ccccc1CNC(=O)CC[C@H]1N=C2c3ccccc3N=C(SCc3cccc(Cl)c3)N2C1=O. The zero-order valence-electron chi connectivity index (χ0n) is 20.2. The minimum Gasteiger partial charge on any atom is -0.496 e. The van der Waals surface area contributed by atoms with E-state index in [-0.39, 0.29) is 18.2 Å². The number of nitrogens with one attached hydrogen (secondary N) is 1. The van der Waals surface area contributed by atoms with Gasteiger partial charge in [0, 0.05) is 34.9 Å². The van der Waals surface area contributed by atoms with Crippen LogP contribution in [0.25, 0.3) is 0 Å². The van der Waals surface area contributed by atoms with Gasteiger partial charge in [-0.05, 0) is 42.3 Å². The van der Waals surface area contributed by atoms with E-state index in [1.165, 1.54) is 11.8 Å². The van der Waals surface area contributed by atoms with E-state index < -0.39 is 6.04 Å². The lowest BCUT2D eigenvalue weighted by Gasteiger charge is -2.25. The van der Waals surface area contributed by atoms with Crippen LogP contribution in [0.2, 0.25) is 5.02 Å². The molecule has 3 aromatic rings. The van der Waals surface area contributed by atoms with Gasteiger partial charge >= 0.3 is 0 Å². The summed E-state index contributed by atoms with van der Waals surface area (Å²) >= 11 is 7.60. The Bertz CT molecular complexity index is 1410. The van der Waals surface area contributed by atoms with Gasteiger partial charge in [-0.25, -0.2) is 9.89 Å². The van der Waals surface area contributed by atoms with E-state index in [4.69, 9.17) is 26.3 Å². The first-order valence-corrected chi connectivity index (χ1v) is 13.3. The van der Waals surface area contributed by atoms with E-state index in [9.17, 15) is 9.59 Å². The van der Waals surface area contributed by atoms with E-state index in [2.05, 4.69) is 5.32 Å². The molecule has 0 spiro atoms. The second kappa shape index (κ2) is 11.2. The summed E-state index contributed by atoms with van der Waals surface area (Å²) in [6.45, 7) is 0.354. The predicted molar refractivity (Wildman–Crippen MR) is 148 cm³/mol. The number of nitrogens with zero attached hydrogens (tertiary/aromatic N) is 3. The molecule has 5 rings (SSSR count). The van der Waals surface area contributed by atoms with Gasteiger partial charge in [0.15, 0.2) is 5.17 Å². The van der Waals surface area contributed by atoms with Crippen LogP contribution in [0, 0.1) is 0 Å². The number of para-hydroxylation sites is 2. The van der Waals surface area contributed by atoms with Crippen molar-refractivity contribution in [2.75, 3.05) is 7.11 Å². The lowest BCUT2D eigenvalue weighted by Crippen LogP contribution is -2.41. The number of ether oxygens (including phenoxy) is 1. The number of rotatable bonds is 8. The highest BCUT2D eigenvalue weighted by Gasteiger charge is 2.41. The molecular formula is C28H25ClN4O3S. The normalized spacial score (nSPS) is 16.0. The number of hydrogen-bond donors (Lipinski definition) is 1. The molecule has 3 aromatic carbocycles. The van der Waals surface area contributed by atoms with Crippen molar-refractivity contribution in [2.24, 2.45) is 9.98 Å². The van der Waals surface area contributed by atoms with Gasteiger partial charge in [-0.15, -0.1) is 0 Å². The second-order valence-electron chi connectivity index (χ2n) is 8.60. The molecular weight excluding hydrogens is 508 g/mol. The summed E-state index contributed by atoms with van der Waals surface area (Å²) in [5.74, 6) is 1.60. The van der Waals surface area contributed by atoms with Gasteiger partial charge < -0.3 is 10.1 Å². The largest absolute Gasteiger partial charge is 0.496 e. The summed E-state index contributed by atoms with van der Waals surface area (Å²) in [6.07, 6.45) is 0.491. The van der Waals surface area contributed by atoms with E-state index in [1.807, 2.05) is 72.8 Å². The number of amides is 2. The molecule has 9 heteroatoms. The summed E-state index contributed by atoms with van der Waals surface area (Å²) < 4.78 is 5.34. The Morgan fingerprint density at radius 3 is 2.76 bits per heavy atom. The maximum atomic E-state index is 13.4. The zero-order valence-corrected chi connectivity index (χ0v) is 21.8. The van der Waals surface area contributed by atoms with Crippen LogP contribution in [0.4, 0.5) is 5.69 Å². The Labute approximate surface area is 224 Å². The van der Waals surface area contributed by atoms with Crippen molar-refractivity contribution in [1.29, 1.82) is 0 Å². The third kappa shape index (κ3) is 5.55. The van der Waals surface area contributed by atoms with Crippen molar-refractivity contribution in [3.8, 4) is 5.75 Å². The van der Waals surface area contributed by atoms with E-state index >= 15 is 0 Å². The summed E-state index contributed by atoms with van der Waals surface area (Å²) in [7, 11) is 1.60. The number of aliphatic imine (C=N–C) groups is 2. The minimum atomic E-state index is -0.643. The second-order valence-corrected chi connectivity index (χ2v) is 9.98. The smallest absolute Gasteiger partial charge is 0.259 e. The van der Waals surface area contributed by atoms with Gasteiger partial charge in [-0.1, -0.05) is 65.8 Å². The summed E-state index contributed by atoms with van der Waals surface area (Å²) in [4.78, 5) is 37.1. The van der Waals surface area contributed by atoms with Crippen molar-refractivity contribution in [3.05, 3.63) is 94.5 Å². The number of carbonyl (C=O) groups excluding carboxylic acids is 2. The highest BCUT2D eigenvalue weighted by molar-refractivity contribution is 8.13. The van der Waals surface area contributed by atoms with Crippen LogP contribution in [0.1, 0.15) is 29.5 Å². The van der Waals surface area contributed by atoms with Gasteiger partial charge in [0.2, 0.25) is 5.91 Å². The average molecular weight is 533 g/mol.